The largest absolute Gasteiger partial charge is 0.573 e. The van der Waals surface area contributed by atoms with Crippen molar-refractivity contribution >= 4 is 24.8 Å². The molecule has 1 aliphatic heterocycles. The van der Waals surface area contributed by atoms with Crippen LogP contribution in [-0.2, 0) is 0 Å². The van der Waals surface area contributed by atoms with E-state index in [1.807, 2.05) is 6.07 Å². The van der Waals surface area contributed by atoms with Crippen molar-refractivity contribution in [2.75, 3.05) is 33.3 Å². The van der Waals surface area contributed by atoms with E-state index in [4.69, 9.17) is 4.74 Å². The fourth-order valence-electron chi connectivity index (χ4n) is 3.28. The summed E-state index contributed by atoms with van der Waals surface area (Å²) in [5, 5.41) is 13.4. The Morgan fingerprint density at radius 1 is 1.00 bits per heavy atom. The number of hydrogen-bond donors (Lipinski definition) is 2. The number of phenolic OH excluding ortho intramolecular Hbond substituents is 1. The van der Waals surface area contributed by atoms with Crippen molar-refractivity contribution in [3.05, 3.63) is 53.6 Å². The molecule has 0 aromatic heterocycles. The highest BCUT2D eigenvalue weighted by Crippen LogP contribution is 2.35. The molecule has 2 aromatic rings. The summed E-state index contributed by atoms with van der Waals surface area (Å²) in [6.45, 7) is 3.18. The lowest BCUT2D eigenvalue weighted by Gasteiger charge is -2.35. The second-order valence-corrected chi connectivity index (χ2v) is 6.24. The molecular formula is C19H23Cl2F3N2O3. The van der Waals surface area contributed by atoms with Gasteiger partial charge in [-0.25, -0.2) is 0 Å². The van der Waals surface area contributed by atoms with Crippen LogP contribution < -0.4 is 14.8 Å². The molecule has 2 aromatic carbocycles. The quantitative estimate of drug-likeness (QED) is 0.710. The summed E-state index contributed by atoms with van der Waals surface area (Å²) < 4.78 is 46.2. The van der Waals surface area contributed by atoms with E-state index in [-0.39, 0.29) is 42.4 Å². The predicted octanol–water partition coefficient (Wildman–Crippen LogP) is 4.14. The number of ether oxygens (including phenoxy) is 2. The molecule has 0 amide bonds. The van der Waals surface area contributed by atoms with Crippen molar-refractivity contribution < 1.29 is 27.8 Å². The van der Waals surface area contributed by atoms with E-state index >= 15 is 0 Å². The SMILES string of the molecule is COc1ccc([C@@H](c2ccc(OC(F)(F)F)cc2)N2CCNCC2)cc1O.Cl.Cl. The van der Waals surface area contributed by atoms with E-state index in [0.717, 1.165) is 37.3 Å². The molecule has 2 N–H and O–H groups in total. The number of phenols is 1. The van der Waals surface area contributed by atoms with Gasteiger partial charge < -0.3 is 19.9 Å². The first-order valence-electron chi connectivity index (χ1n) is 8.55. The van der Waals surface area contributed by atoms with Crippen LogP contribution in [0.5, 0.6) is 17.2 Å². The van der Waals surface area contributed by atoms with E-state index in [2.05, 4.69) is 15.0 Å². The number of aromatic hydroxyl groups is 1. The van der Waals surface area contributed by atoms with Gasteiger partial charge in [-0.2, -0.15) is 0 Å². The third-order valence-electron chi connectivity index (χ3n) is 4.46. The van der Waals surface area contributed by atoms with E-state index in [1.54, 1.807) is 24.3 Å². The number of piperazine rings is 1. The minimum Gasteiger partial charge on any atom is -0.504 e. The normalized spacial score (nSPS) is 15.6. The number of methoxy groups -OCH3 is 1. The number of rotatable bonds is 5. The van der Waals surface area contributed by atoms with Gasteiger partial charge in [0.2, 0.25) is 0 Å². The maximum Gasteiger partial charge on any atom is 0.573 e. The van der Waals surface area contributed by atoms with Gasteiger partial charge in [0.1, 0.15) is 5.75 Å². The van der Waals surface area contributed by atoms with Crippen LogP contribution >= 0.6 is 24.8 Å². The van der Waals surface area contributed by atoms with Gasteiger partial charge in [-0.15, -0.1) is 38.0 Å². The first kappa shape index (κ1) is 25.2. The Bertz CT molecular complexity index is 770. The van der Waals surface area contributed by atoms with Crippen LogP contribution in [0.4, 0.5) is 13.2 Å². The van der Waals surface area contributed by atoms with Gasteiger partial charge in [-0.1, -0.05) is 18.2 Å². The second kappa shape index (κ2) is 10.8. The molecule has 1 heterocycles. The van der Waals surface area contributed by atoms with Crippen molar-refractivity contribution in [1.82, 2.24) is 10.2 Å². The molecule has 0 aliphatic carbocycles. The fourth-order valence-corrected chi connectivity index (χ4v) is 3.28. The Morgan fingerprint density at radius 2 is 1.59 bits per heavy atom. The highest BCUT2D eigenvalue weighted by atomic mass is 35.5. The lowest BCUT2D eigenvalue weighted by Crippen LogP contribution is -2.45. The molecule has 10 heteroatoms. The molecular weight excluding hydrogens is 432 g/mol. The molecule has 162 valence electrons. The molecule has 0 radical (unpaired) electrons. The van der Waals surface area contributed by atoms with Gasteiger partial charge in [-0.05, 0) is 35.4 Å². The number of nitrogens with one attached hydrogen (secondary N) is 1. The highest BCUT2D eigenvalue weighted by Gasteiger charge is 2.31. The Hall–Kier alpha value is -1.87. The third kappa shape index (κ3) is 6.57. The first-order valence-corrected chi connectivity index (χ1v) is 8.55. The van der Waals surface area contributed by atoms with Gasteiger partial charge >= 0.3 is 6.36 Å². The van der Waals surface area contributed by atoms with E-state index < -0.39 is 6.36 Å². The van der Waals surface area contributed by atoms with Gasteiger partial charge in [0.05, 0.1) is 13.2 Å². The van der Waals surface area contributed by atoms with E-state index in [1.165, 1.54) is 19.2 Å². The van der Waals surface area contributed by atoms with Crippen LogP contribution in [-0.4, -0.2) is 49.7 Å². The Balaban J connectivity index is 0.00000210. The average molecular weight is 455 g/mol. The first-order chi connectivity index (χ1) is 12.9. The van der Waals surface area contributed by atoms with Crippen LogP contribution in [0.2, 0.25) is 0 Å². The number of nitrogens with zero attached hydrogens (tertiary/aromatic N) is 1. The summed E-state index contributed by atoms with van der Waals surface area (Å²) in [4.78, 5) is 2.22. The summed E-state index contributed by atoms with van der Waals surface area (Å²) >= 11 is 0. The lowest BCUT2D eigenvalue weighted by atomic mass is 9.96. The zero-order chi connectivity index (χ0) is 19.4. The standard InChI is InChI=1S/C19H21F3N2O3.2ClH/c1-26-17-7-4-14(12-16(17)25)18(24-10-8-23-9-11-24)13-2-5-15(6-3-13)27-19(20,21)22;;/h2-7,12,18,23,25H,8-11H2,1H3;2*1H/t18-;;/m1../s1. The van der Waals surface area contributed by atoms with Crippen LogP contribution in [0.1, 0.15) is 17.2 Å². The van der Waals surface area contributed by atoms with Crippen molar-refractivity contribution in [2.24, 2.45) is 0 Å². The minimum absolute atomic E-state index is 0. The van der Waals surface area contributed by atoms with Gasteiger partial charge in [0, 0.05) is 26.2 Å². The van der Waals surface area contributed by atoms with Gasteiger partial charge in [-0.3, -0.25) is 4.90 Å². The maximum atomic E-state index is 12.4. The summed E-state index contributed by atoms with van der Waals surface area (Å²) in [6.07, 6.45) is -4.72. The number of hydrogen-bond acceptors (Lipinski definition) is 5. The van der Waals surface area contributed by atoms with Gasteiger partial charge in [0.25, 0.3) is 0 Å². The number of benzene rings is 2. The fraction of sp³-hybridized carbons (Fsp3) is 0.368. The maximum absolute atomic E-state index is 12.4. The zero-order valence-electron chi connectivity index (χ0n) is 15.6. The average Bonchev–Trinajstić information content (AvgIpc) is 2.63. The molecule has 1 fully saturated rings. The summed E-state index contributed by atoms with van der Waals surface area (Å²) in [5.74, 6) is 0.127. The number of alkyl halides is 3. The monoisotopic (exact) mass is 454 g/mol. The molecule has 29 heavy (non-hydrogen) atoms. The lowest BCUT2D eigenvalue weighted by molar-refractivity contribution is -0.274. The molecule has 1 saturated heterocycles. The molecule has 3 rings (SSSR count). The summed E-state index contributed by atoms with van der Waals surface area (Å²) in [6, 6.07) is 10.8. The Kier molecular flexibility index (Phi) is 9.35. The van der Waals surface area contributed by atoms with Crippen molar-refractivity contribution in [1.29, 1.82) is 0 Å². The van der Waals surface area contributed by atoms with E-state index in [9.17, 15) is 18.3 Å². The molecule has 1 aliphatic rings. The predicted molar refractivity (Wildman–Crippen MR) is 109 cm³/mol. The van der Waals surface area contributed by atoms with Crippen LogP contribution in [0.15, 0.2) is 42.5 Å². The van der Waals surface area contributed by atoms with Crippen LogP contribution in [0.3, 0.4) is 0 Å². The molecule has 5 nitrogen and oxygen atoms in total. The Labute approximate surface area is 179 Å². The minimum atomic E-state index is -4.72. The summed E-state index contributed by atoms with van der Waals surface area (Å²) in [7, 11) is 1.47. The third-order valence-corrected chi connectivity index (χ3v) is 4.46. The van der Waals surface area contributed by atoms with Crippen molar-refractivity contribution in [2.45, 2.75) is 12.4 Å². The van der Waals surface area contributed by atoms with Crippen LogP contribution in [0, 0.1) is 0 Å². The summed E-state index contributed by atoms with van der Waals surface area (Å²) in [5.41, 5.74) is 1.65. The molecule has 1 atom stereocenters. The van der Waals surface area contributed by atoms with Crippen LogP contribution in [0.25, 0.3) is 0 Å². The van der Waals surface area contributed by atoms with Crippen molar-refractivity contribution in [3.63, 3.8) is 0 Å². The van der Waals surface area contributed by atoms with E-state index in [0.29, 0.717) is 5.75 Å². The molecule has 0 bridgehead atoms. The van der Waals surface area contributed by atoms with Crippen molar-refractivity contribution in [3.8, 4) is 17.2 Å². The zero-order valence-corrected chi connectivity index (χ0v) is 17.2. The molecule has 0 unspecified atom stereocenters. The van der Waals surface area contributed by atoms with Gasteiger partial charge in [0.15, 0.2) is 11.5 Å². The smallest absolute Gasteiger partial charge is 0.504 e. The molecule has 0 spiro atoms. The Morgan fingerprint density at radius 3 is 2.10 bits per heavy atom. The topological polar surface area (TPSA) is 54.0 Å². The molecule has 0 saturated carbocycles. The number of halogens is 5. The highest BCUT2D eigenvalue weighted by molar-refractivity contribution is 5.85. The second-order valence-electron chi connectivity index (χ2n) is 6.24.